The molecule has 4 rings (SSSR count). The molecule has 2 heterocycles. The van der Waals surface area contributed by atoms with Crippen LogP contribution in [0.2, 0.25) is 5.02 Å². The Bertz CT molecular complexity index is 921. The second-order valence-corrected chi connectivity index (χ2v) is 7.28. The van der Waals surface area contributed by atoms with E-state index in [9.17, 15) is 9.59 Å². The van der Waals surface area contributed by atoms with Crippen molar-refractivity contribution in [3.8, 4) is 0 Å². The van der Waals surface area contributed by atoms with Gasteiger partial charge in [-0.2, -0.15) is 0 Å². The fourth-order valence-electron chi connectivity index (χ4n) is 4.21. The lowest BCUT2D eigenvalue weighted by atomic mass is 9.77. The normalized spacial score (nSPS) is 26.0. The number of hydrogen-bond acceptors (Lipinski definition) is 3. The third-order valence-electron chi connectivity index (χ3n) is 5.35. The van der Waals surface area contributed by atoms with Crippen LogP contribution in [0.25, 0.3) is 0 Å². The minimum Gasteiger partial charge on any atom is -0.368 e. The maximum Gasteiger partial charge on any atom is 0.240 e. The van der Waals surface area contributed by atoms with Gasteiger partial charge in [0.1, 0.15) is 6.04 Å². The van der Waals surface area contributed by atoms with Crippen molar-refractivity contribution in [1.82, 2.24) is 4.90 Å². The number of benzene rings is 2. The Hall–Kier alpha value is -2.85. The largest absolute Gasteiger partial charge is 0.368 e. The highest BCUT2D eigenvalue weighted by Crippen LogP contribution is 2.45. The van der Waals surface area contributed by atoms with Gasteiger partial charge in [0.2, 0.25) is 5.91 Å². The minimum atomic E-state index is -0.602. The molecule has 1 saturated heterocycles. The van der Waals surface area contributed by atoms with Crippen molar-refractivity contribution in [1.29, 1.82) is 0 Å². The van der Waals surface area contributed by atoms with E-state index in [4.69, 9.17) is 17.3 Å². The molecule has 4 unspecified atom stereocenters. The summed E-state index contributed by atoms with van der Waals surface area (Å²) in [6.07, 6.45) is 7.59. The lowest BCUT2D eigenvalue weighted by molar-refractivity contribution is -0.122. The molecule has 4 atom stereocenters. The van der Waals surface area contributed by atoms with E-state index in [0.717, 1.165) is 5.56 Å². The summed E-state index contributed by atoms with van der Waals surface area (Å²) in [6, 6.07) is 15.7. The van der Waals surface area contributed by atoms with Crippen LogP contribution in [0.15, 0.2) is 79.0 Å². The molecule has 1 fully saturated rings. The lowest BCUT2D eigenvalue weighted by Crippen LogP contribution is -2.42. The van der Waals surface area contributed by atoms with E-state index in [1.165, 1.54) is 0 Å². The number of nitrogens with two attached hydrogens (primary N) is 1. The van der Waals surface area contributed by atoms with E-state index in [-0.39, 0.29) is 17.7 Å². The molecule has 2 aliphatic rings. The Balaban J connectivity index is 1.85. The van der Waals surface area contributed by atoms with Gasteiger partial charge >= 0.3 is 0 Å². The van der Waals surface area contributed by atoms with Crippen LogP contribution in [-0.2, 0) is 4.79 Å². The zero-order valence-corrected chi connectivity index (χ0v) is 15.3. The summed E-state index contributed by atoms with van der Waals surface area (Å²) in [5, 5.41) is 0.607. The monoisotopic (exact) mass is 378 g/mol. The van der Waals surface area contributed by atoms with Crippen LogP contribution in [-0.4, -0.2) is 28.7 Å². The summed E-state index contributed by atoms with van der Waals surface area (Å²) < 4.78 is 0. The number of primary amides is 1. The summed E-state index contributed by atoms with van der Waals surface area (Å²) in [6.45, 7) is 0. The van der Waals surface area contributed by atoms with E-state index in [2.05, 4.69) is 0 Å². The molecule has 2 aromatic carbocycles. The van der Waals surface area contributed by atoms with Gasteiger partial charge in [-0.1, -0.05) is 66.2 Å². The Kier molecular flexibility index (Phi) is 4.58. The van der Waals surface area contributed by atoms with Crippen molar-refractivity contribution in [2.75, 3.05) is 0 Å². The molecule has 5 heteroatoms. The highest BCUT2D eigenvalue weighted by molar-refractivity contribution is 6.30. The van der Waals surface area contributed by atoms with Crippen molar-refractivity contribution in [3.05, 3.63) is 95.2 Å². The molecule has 1 amide bonds. The standard InChI is InChI=1S/C22H19ClN2O2/c23-16-11-9-14(10-12-16)18-19(21(26)15-6-2-1-3-7-15)17-8-4-5-13-25(17)20(18)22(24)27/h1-13,17-20H,(H2,24,27). The van der Waals surface area contributed by atoms with Gasteiger partial charge in [-0.05, 0) is 23.8 Å². The van der Waals surface area contributed by atoms with E-state index in [0.29, 0.717) is 10.6 Å². The van der Waals surface area contributed by atoms with Crippen LogP contribution in [0.5, 0.6) is 0 Å². The molecule has 0 bridgehead atoms. The van der Waals surface area contributed by atoms with E-state index < -0.39 is 17.9 Å². The second-order valence-electron chi connectivity index (χ2n) is 6.84. The topological polar surface area (TPSA) is 63.4 Å². The van der Waals surface area contributed by atoms with Gasteiger partial charge in [0.25, 0.3) is 0 Å². The predicted molar refractivity (Wildman–Crippen MR) is 105 cm³/mol. The predicted octanol–water partition coefficient (Wildman–Crippen LogP) is 3.54. The van der Waals surface area contributed by atoms with Crippen LogP contribution in [0.4, 0.5) is 0 Å². The third kappa shape index (κ3) is 3.06. The molecule has 27 heavy (non-hydrogen) atoms. The van der Waals surface area contributed by atoms with Crippen molar-refractivity contribution >= 4 is 23.3 Å². The van der Waals surface area contributed by atoms with Gasteiger partial charge < -0.3 is 10.6 Å². The first-order valence-electron chi connectivity index (χ1n) is 8.84. The van der Waals surface area contributed by atoms with Crippen LogP contribution < -0.4 is 5.73 Å². The number of ketones is 1. The van der Waals surface area contributed by atoms with Gasteiger partial charge in [-0.3, -0.25) is 9.59 Å². The van der Waals surface area contributed by atoms with Crippen molar-refractivity contribution in [2.24, 2.45) is 11.7 Å². The highest BCUT2D eigenvalue weighted by atomic mass is 35.5. The van der Waals surface area contributed by atoms with Gasteiger partial charge in [0.05, 0.1) is 12.0 Å². The lowest BCUT2D eigenvalue weighted by Gasteiger charge is -2.28. The summed E-state index contributed by atoms with van der Waals surface area (Å²) in [4.78, 5) is 27.8. The van der Waals surface area contributed by atoms with Gasteiger partial charge in [-0.15, -0.1) is 0 Å². The van der Waals surface area contributed by atoms with Gasteiger partial charge in [-0.25, -0.2) is 0 Å². The van der Waals surface area contributed by atoms with E-state index in [1.807, 2.05) is 71.8 Å². The first-order valence-corrected chi connectivity index (χ1v) is 9.22. The summed E-state index contributed by atoms with van der Waals surface area (Å²) in [5.74, 6) is -1.21. The number of halogens is 1. The summed E-state index contributed by atoms with van der Waals surface area (Å²) in [7, 11) is 0. The molecule has 0 aliphatic carbocycles. The Morgan fingerprint density at radius 2 is 1.67 bits per heavy atom. The number of carbonyl (C=O) groups is 2. The molecule has 136 valence electrons. The fourth-order valence-corrected chi connectivity index (χ4v) is 4.34. The number of amides is 1. The number of hydrogen-bond donors (Lipinski definition) is 1. The molecular formula is C22H19ClN2O2. The maximum absolute atomic E-state index is 13.5. The molecular weight excluding hydrogens is 360 g/mol. The minimum absolute atomic E-state index is 0.00856. The summed E-state index contributed by atoms with van der Waals surface area (Å²) >= 11 is 6.04. The van der Waals surface area contributed by atoms with Gasteiger partial charge in [0.15, 0.2) is 5.78 Å². The number of Topliss-reactive ketones (excluding diaryl/α,β-unsaturated/α-hetero) is 1. The number of rotatable bonds is 4. The fraction of sp³-hybridized carbons (Fsp3) is 0.182. The SMILES string of the molecule is NC(=O)C1C(c2ccc(Cl)cc2)C(C(=O)c2ccccc2)C2C=CC=CN21. The van der Waals surface area contributed by atoms with Crippen LogP contribution in [0.1, 0.15) is 21.8 Å². The highest BCUT2D eigenvalue weighted by Gasteiger charge is 2.53. The molecule has 0 spiro atoms. The Morgan fingerprint density at radius 1 is 0.963 bits per heavy atom. The van der Waals surface area contributed by atoms with Crippen LogP contribution in [0.3, 0.4) is 0 Å². The third-order valence-corrected chi connectivity index (χ3v) is 5.60. The molecule has 2 aliphatic heterocycles. The van der Waals surface area contributed by atoms with E-state index in [1.54, 1.807) is 12.1 Å². The molecule has 2 N–H and O–H groups in total. The summed E-state index contributed by atoms with van der Waals surface area (Å²) in [5.41, 5.74) is 7.30. The Labute approximate surface area is 162 Å². The maximum atomic E-state index is 13.5. The Morgan fingerprint density at radius 3 is 2.33 bits per heavy atom. The second kappa shape index (κ2) is 7.05. The average molecular weight is 379 g/mol. The average Bonchev–Trinajstić information content (AvgIpc) is 3.04. The molecule has 0 aromatic heterocycles. The van der Waals surface area contributed by atoms with E-state index >= 15 is 0 Å². The van der Waals surface area contributed by atoms with Crippen molar-refractivity contribution in [3.63, 3.8) is 0 Å². The number of fused-ring (bicyclic) bond motifs is 1. The quantitative estimate of drug-likeness (QED) is 0.827. The number of carbonyl (C=O) groups excluding carboxylic acids is 2. The van der Waals surface area contributed by atoms with Crippen LogP contribution in [0, 0.1) is 5.92 Å². The molecule has 4 nitrogen and oxygen atoms in total. The number of allylic oxidation sites excluding steroid dienone is 2. The molecule has 2 aromatic rings. The molecule has 0 radical (unpaired) electrons. The first-order chi connectivity index (χ1) is 13.1. The van der Waals surface area contributed by atoms with Crippen molar-refractivity contribution in [2.45, 2.75) is 18.0 Å². The zero-order valence-electron chi connectivity index (χ0n) is 14.5. The zero-order chi connectivity index (χ0) is 19.0. The van der Waals surface area contributed by atoms with Crippen molar-refractivity contribution < 1.29 is 9.59 Å². The first kappa shape index (κ1) is 17.6. The molecule has 0 saturated carbocycles. The van der Waals surface area contributed by atoms with Gasteiger partial charge in [0, 0.05) is 22.7 Å². The number of nitrogens with zero attached hydrogens (tertiary/aromatic N) is 1. The smallest absolute Gasteiger partial charge is 0.240 e. The van der Waals surface area contributed by atoms with Crippen LogP contribution >= 0.6 is 11.6 Å².